The molecular weight excluding hydrogens is 228 g/mol. The topological polar surface area (TPSA) is 49.6 Å². The molecule has 0 saturated carbocycles. The van der Waals surface area contributed by atoms with Crippen LogP contribution in [0.15, 0.2) is 0 Å². The number of carbonyl (C=O) groups excluding carboxylic acids is 1. The summed E-state index contributed by atoms with van der Waals surface area (Å²) < 4.78 is 24.7. The van der Waals surface area contributed by atoms with Gasteiger partial charge in [0.25, 0.3) is 6.43 Å². The van der Waals surface area contributed by atoms with Crippen LogP contribution >= 0.6 is 0 Å². The summed E-state index contributed by atoms with van der Waals surface area (Å²) in [6.45, 7) is 3.33. The zero-order chi connectivity index (χ0) is 12.8. The molecule has 100 valence electrons. The molecular formula is C11H21F2N3O. The lowest BCUT2D eigenvalue weighted by Crippen LogP contribution is -2.49. The second kappa shape index (κ2) is 6.74. The van der Waals surface area contributed by atoms with Crippen molar-refractivity contribution in [3.8, 4) is 0 Å². The molecule has 2 N–H and O–H groups in total. The van der Waals surface area contributed by atoms with Crippen molar-refractivity contribution in [2.75, 3.05) is 32.7 Å². The summed E-state index contributed by atoms with van der Waals surface area (Å²) in [5.41, 5.74) is 5.34. The molecule has 0 radical (unpaired) electrons. The standard InChI is InChI=1S/C11H21F2N3O/c1-9-2-5-15(6-3-9)11(17)16(7-4-14)8-10(12)13/h9-10H,2-8,14H2,1H3. The van der Waals surface area contributed by atoms with Crippen LogP contribution in [0, 0.1) is 5.92 Å². The van der Waals surface area contributed by atoms with Crippen LogP contribution in [0.1, 0.15) is 19.8 Å². The molecule has 17 heavy (non-hydrogen) atoms. The molecule has 4 nitrogen and oxygen atoms in total. The number of rotatable bonds is 4. The number of likely N-dealkylation sites (tertiary alicyclic amines) is 1. The Balaban J connectivity index is 2.51. The molecule has 1 aliphatic rings. The molecule has 6 heteroatoms. The van der Waals surface area contributed by atoms with Gasteiger partial charge >= 0.3 is 6.03 Å². The lowest BCUT2D eigenvalue weighted by atomic mass is 10.00. The minimum Gasteiger partial charge on any atom is -0.329 e. The number of hydrogen-bond donors (Lipinski definition) is 1. The number of nitrogens with zero attached hydrogens (tertiary/aromatic N) is 2. The Kier molecular flexibility index (Phi) is 5.61. The first-order chi connectivity index (χ1) is 8.04. The van der Waals surface area contributed by atoms with E-state index < -0.39 is 13.0 Å². The smallest absolute Gasteiger partial charge is 0.320 e. The average Bonchev–Trinajstić information content (AvgIpc) is 2.28. The van der Waals surface area contributed by atoms with Gasteiger partial charge < -0.3 is 15.5 Å². The van der Waals surface area contributed by atoms with Gasteiger partial charge in [0, 0.05) is 26.2 Å². The molecule has 2 amide bonds. The number of hydrogen-bond acceptors (Lipinski definition) is 2. The fraction of sp³-hybridized carbons (Fsp3) is 0.909. The van der Waals surface area contributed by atoms with Gasteiger partial charge in [-0.05, 0) is 18.8 Å². The fourth-order valence-corrected chi connectivity index (χ4v) is 1.99. The van der Waals surface area contributed by atoms with Crippen LogP contribution in [0.25, 0.3) is 0 Å². The van der Waals surface area contributed by atoms with Crippen LogP contribution in [-0.2, 0) is 0 Å². The normalized spacial score (nSPS) is 17.6. The number of carbonyl (C=O) groups is 1. The van der Waals surface area contributed by atoms with E-state index in [-0.39, 0.29) is 19.1 Å². The van der Waals surface area contributed by atoms with Crippen molar-refractivity contribution < 1.29 is 13.6 Å². The van der Waals surface area contributed by atoms with Crippen molar-refractivity contribution in [3.63, 3.8) is 0 Å². The SMILES string of the molecule is CC1CCN(C(=O)N(CCN)CC(F)F)CC1. The zero-order valence-corrected chi connectivity index (χ0v) is 10.2. The van der Waals surface area contributed by atoms with E-state index in [0.717, 1.165) is 17.7 Å². The molecule has 0 bridgehead atoms. The van der Waals surface area contributed by atoms with E-state index in [1.54, 1.807) is 4.90 Å². The largest absolute Gasteiger partial charge is 0.329 e. The van der Waals surface area contributed by atoms with E-state index in [2.05, 4.69) is 6.92 Å². The van der Waals surface area contributed by atoms with Gasteiger partial charge in [0.1, 0.15) is 0 Å². The molecule has 0 unspecified atom stereocenters. The Bertz CT molecular complexity index is 243. The first-order valence-electron chi connectivity index (χ1n) is 6.06. The highest BCUT2D eigenvalue weighted by Gasteiger charge is 2.25. The molecule has 0 aromatic heterocycles. The van der Waals surface area contributed by atoms with Gasteiger partial charge in [-0.2, -0.15) is 0 Å². The lowest BCUT2D eigenvalue weighted by Gasteiger charge is -2.34. The first-order valence-corrected chi connectivity index (χ1v) is 6.06. The lowest BCUT2D eigenvalue weighted by molar-refractivity contribution is 0.0807. The molecule has 1 saturated heterocycles. The highest BCUT2D eigenvalue weighted by atomic mass is 19.3. The van der Waals surface area contributed by atoms with Crippen molar-refractivity contribution in [2.24, 2.45) is 11.7 Å². The van der Waals surface area contributed by atoms with Crippen LogP contribution in [0.5, 0.6) is 0 Å². The summed E-state index contributed by atoms with van der Waals surface area (Å²) in [6, 6.07) is -0.303. The summed E-state index contributed by atoms with van der Waals surface area (Å²) >= 11 is 0. The Labute approximate surface area is 101 Å². The molecule has 1 fully saturated rings. The minimum atomic E-state index is -2.51. The summed E-state index contributed by atoms with van der Waals surface area (Å²) in [5.74, 6) is 0.608. The van der Waals surface area contributed by atoms with Crippen LogP contribution in [0.4, 0.5) is 13.6 Å². The van der Waals surface area contributed by atoms with Gasteiger partial charge in [-0.15, -0.1) is 0 Å². The average molecular weight is 249 g/mol. The molecule has 1 heterocycles. The summed E-state index contributed by atoms with van der Waals surface area (Å²) in [6.07, 6.45) is -0.623. The van der Waals surface area contributed by atoms with E-state index in [4.69, 9.17) is 5.73 Å². The van der Waals surface area contributed by atoms with Crippen molar-refractivity contribution in [1.82, 2.24) is 9.80 Å². The van der Waals surface area contributed by atoms with E-state index in [9.17, 15) is 13.6 Å². The highest BCUT2D eigenvalue weighted by Crippen LogP contribution is 2.17. The molecule has 0 aromatic carbocycles. The zero-order valence-electron chi connectivity index (χ0n) is 10.2. The monoisotopic (exact) mass is 249 g/mol. The molecule has 1 aliphatic heterocycles. The Morgan fingerprint density at radius 1 is 1.47 bits per heavy atom. The Morgan fingerprint density at radius 3 is 2.53 bits per heavy atom. The third-order valence-corrected chi connectivity index (χ3v) is 3.08. The van der Waals surface area contributed by atoms with Crippen molar-refractivity contribution in [1.29, 1.82) is 0 Å². The number of urea groups is 1. The number of amides is 2. The van der Waals surface area contributed by atoms with Gasteiger partial charge in [0.05, 0.1) is 6.54 Å². The van der Waals surface area contributed by atoms with E-state index in [1.165, 1.54) is 0 Å². The van der Waals surface area contributed by atoms with Crippen LogP contribution in [0.2, 0.25) is 0 Å². The predicted octanol–water partition coefficient (Wildman–Crippen LogP) is 1.36. The van der Waals surface area contributed by atoms with Crippen LogP contribution < -0.4 is 5.73 Å². The number of alkyl halides is 2. The van der Waals surface area contributed by atoms with Crippen molar-refractivity contribution >= 4 is 6.03 Å². The summed E-state index contributed by atoms with van der Waals surface area (Å²) in [7, 11) is 0. The Hall–Kier alpha value is -0.910. The number of nitrogens with two attached hydrogens (primary N) is 1. The van der Waals surface area contributed by atoms with E-state index >= 15 is 0 Å². The van der Waals surface area contributed by atoms with Gasteiger partial charge in [0.2, 0.25) is 0 Å². The van der Waals surface area contributed by atoms with Gasteiger partial charge in [-0.25, -0.2) is 13.6 Å². The Morgan fingerprint density at radius 2 is 2.06 bits per heavy atom. The third kappa shape index (κ3) is 4.46. The number of halogens is 2. The second-order valence-electron chi connectivity index (χ2n) is 4.58. The fourth-order valence-electron chi connectivity index (χ4n) is 1.99. The maximum Gasteiger partial charge on any atom is 0.320 e. The molecule has 0 aromatic rings. The summed E-state index contributed by atoms with van der Waals surface area (Å²) in [5, 5.41) is 0. The van der Waals surface area contributed by atoms with Gasteiger partial charge in [0.15, 0.2) is 0 Å². The van der Waals surface area contributed by atoms with Gasteiger partial charge in [-0.1, -0.05) is 6.92 Å². The van der Waals surface area contributed by atoms with Crippen LogP contribution in [-0.4, -0.2) is 55.0 Å². The molecule has 1 rings (SSSR count). The first kappa shape index (κ1) is 14.2. The van der Waals surface area contributed by atoms with Gasteiger partial charge in [-0.3, -0.25) is 0 Å². The van der Waals surface area contributed by atoms with E-state index in [0.29, 0.717) is 19.0 Å². The maximum atomic E-state index is 12.3. The highest BCUT2D eigenvalue weighted by molar-refractivity contribution is 5.74. The van der Waals surface area contributed by atoms with Crippen molar-refractivity contribution in [2.45, 2.75) is 26.2 Å². The van der Waals surface area contributed by atoms with E-state index in [1.807, 2.05) is 0 Å². The second-order valence-corrected chi connectivity index (χ2v) is 4.58. The molecule has 0 atom stereocenters. The predicted molar refractivity (Wildman–Crippen MR) is 62.0 cm³/mol. The van der Waals surface area contributed by atoms with Crippen molar-refractivity contribution in [3.05, 3.63) is 0 Å². The molecule has 0 aliphatic carbocycles. The minimum absolute atomic E-state index is 0.190. The quantitative estimate of drug-likeness (QED) is 0.818. The molecule has 0 spiro atoms. The number of piperidine rings is 1. The third-order valence-electron chi connectivity index (χ3n) is 3.08. The summed E-state index contributed by atoms with van der Waals surface area (Å²) in [4.78, 5) is 14.8. The maximum absolute atomic E-state index is 12.3. The van der Waals surface area contributed by atoms with Crippen LogP contribution in [0.3, 0.4) is 0 Å².